The van der Waals surface area contributed by atoms with Crippen LogP contribution in [-0.4, -0.2) is 63.5 Å². The number of halogens is 1. The van der Waals surface area contributed by atoms with E-state index in [2.05, 4.69) is 41.9 Å². The molecule has 1 atom stereocenters. The summed E-state index contributed by atoms with van der Waals surface area (Å²) in [5, 5.41) is 14.7. The van der Waals surface area contributed by atoms with Crippen LogP contribution in [0.25, 0.3) is 5.69 Å². The highest BCUT2D eigenvalue weighted by Crippen LogP contribution is 2.22. The molecular weight excluding hydrogens is 360 g/mol. The molecule has 3 rings (SSSR count). The van der Waals surface area contributed by atoms with E-state index in [0.717, 1.165) is 44.8 Å². The highest BCUT2D eigenvalue weighted by molar-refractivity contribution is 6.30. The van der Waals surface area contributed by atoms with Crippen molar-refractivity contribution in [3.63, 3.8) is 0 Å². The summed E-state index contributed by atoms with van der Waals surface area (Å²) in [6.07, 6.45) is 4.84. The van der Waals surface area contributed by atoms with Crippen LogP contribution in [0.15, 0.2) is 36.7 Å². The van der Waals surface area contributed by atoms with E-state index in [-0.39, 0.29) is 12.0 Å². The third kappa shape index (κ3) is 5.79. The van der Waals surface area contributed by atoms with Gasteiger partial charge in [0.25, 0.3) is 0 Å². The molecule has 1 N–H and O–H groups in total. The molecule has 0 unspecified atom stereocenters. The number of aliphatic hydroxyl groups is 1. The Morgan fingerprint density at radius 3 is 2.78 bits per heavy atom. The maximum atomic E-state index is 9.49. The minimum atomic E-state index is 0.242. The molecule has 0 saturated carbocycles. The highest BCUT2D eigenvalue weighted by atomic mass is 35.5. The summed E-state index contributed by atoms with van der Waals surface area (Å²) in [6, 6.07) is 8.14. The molecule has 6 heteroatoms. The van der Waals surface area contributed by atoms with E-state index in [0.29, 0.717) is 11.1 Å². The monoisotopic (exact) mass is 390 g/mol. The van der Waals surface area contributed by atoms with Crippen LogP contribution in [0.1, 0.15) is 32.8 Å². The molecule has 1 aliphatic heterocycles. The molecule has 1 aromatic carbocycles. The number of piperazine rings is 1. The van der Waals surface area contributed by atoms with Crippen molar-refractivity contribution in [2.75, 3.05) is 32.8 Å². The molecule has 1 saturated heterocycles. The van der Waals surface area contributed by atoms with Gasteiger partial charge in [-0.1, -0.05) is 38.4 Å². The second-order valence-corrected chi connectivity index (χ2v) is 9.14. The van der Waals surface area contributed by atoms with Gasteiger partial charge in [-0.25, -0.2) is 4.68 Å². The van der Waals surface area contributed by atoms with Crippen molar-refractivity contribution in [3.8, 4) is 5.69 Å². The van der Waals surface area contributed by atoms with E-state index >= 15 is 0 Å². The Balaban J connectivity index is 1.63. The topological polar surface area (TPSA) is 44.5 Å². The zero-order valence-electron chi connectivity index (χ0n) is 16.6. The molecular formula is C21H31ClN4O. The molecule has 0 bridgehead atoms. The summed E-state index contributed by atoms with van der Waals surface area (Å²) >= 11 is 6.09. The van der Waals surface area contributed by atoms with Gasteiger partial charge in [-0.05, 0) is 30.0 Å². The lowest BCUT2D eigenvalue weighted by molar-refractivity contribution is 0.0340. The summed E-state index contributed by atoms with van der Waals surface area (Å²) in [7, 11) is 0. The number of aromatic nitrogens is 2. The smallest absolute Gasteiger partial charge is 0.0660 e. The van der Waals surface area contributed by atoms with Crippen LogP contribution in [0, 0.1) is 5.41 Å². The summed E-state index contributed by atoms with van der Waals surface area (Å²) in [4.78, 5) is 5.01. The third-order valence-corrected chi connectivity index (χ3v) is 5.18. The van der Waals surface area contributed by atoms with Gasteiger partial charge in [0.1, 0.15) is 0 Å². The van der Waals surface area contributed by atoms with Crippen molar-refractivity contribution in [2.45, 2.75) is 39.8 Å². The van der Waals surface area contributed by atoms with Crippen molar-refractivity contribution in [2.24, 2.45) is 5.41 Å². The number of hydrogen-bond acceptors (Lipinski definition) is 4. The zero-order chi connectivity index (χ0) is 19.4. The predicted octanol–water partition coefficient (Wildman–Crippen LogP) is 3.44. The summed E-state index contributed by atoms with van der Waals surface area (Å²) in [5.74, 6) is 0. The van der Waals surface area contributed by atoms with Gasteiger partial charge in [0, 0.05) is 62.2 Å². The van der Waals surface area contributed by atoms with Crippen molar-refractivity contribution in [1.29, 1.82) is 0 Å². The molecule has 148 valence electrons. The van der Waals surface area contributed by atoms with E-state index in [1.54, 1.807) is 0 Å². The molecule has 2 heterocycles. The highest BCUT2D eigenvalue weighted by Gasteiger charge is 2.29. The lowest BCUT2D eigenvalue weighted by Gasteiger charge is -2.43. The summed E-state index contributed by atoms with van der Waals surface area (Å²) in [5.41, 5.74) is 2.44. The van der Waals surface area contributed by atoms with Crippen molar-refractivity contribution < 1.29 is 5.11 Å². The Labute approximate surface area is 167 Å². The van der Waals surface area contributed by atoms with Crippen molar-refractivity contribution >= 4 is 11.6 Å². The summed E-state index contributed by atoms with van der Waals surface area (Å²) in [6.45, 7) is 12.1. The maximum Gasteiger partial charge on any atom is 0.0660 e. The normalized spacial score (nSPS) is 19.5. The number of hydrogen-bond donors (Lipinski definition) is 1. The van der Waals surface area contributed by atoms with Gasteiger partial charge in [0.15, 0.2) is 0 Å². The molecule has 1 aromatic heterocycles. The molecule has 0 spiro atoms. The van der Waals surface area contributed by atoms with Crippen LogP contribution in [0.5, 0.6) is 0 Å². The van der Waals surface area contributed by atoms with Crippen LogP contribution in [0.2, 0.25) is 5.02 Å². The molecule has 5 nitrogen and oxygen atoms in total. The maximum absolute atomic E-state index is 9.49. The largest absolute Gasteiger partial charge is 0.396 e. The van der Waals surface area contributed by atoms with E-state index in [4.69, 9.17) is 11.6 Å². The standard InChI is InChI=1S/C21H31ClN4O/c1-21(2,3)16-25-9-8-24(15-20(25)7-10-27)13-17-12-23-26(14-17)19-6-4-5-18(22)11-19/h4-6,11-12,14,20,27H,7-10,13,15-16H2,1-3H3/t20-/m0/s1. The number of aliphatic hydroxyl groups excluding tert-OH is 1. The quantitative estimate of drug-likeness (QED) is 0.820. The molecule has 0 amide bonds. The van der Waals surface area contributed by atoms with E-state index < -0.39 is 0 Å². The van der Waals surface area contributed by atoms with Gasteiger partial charge < -0.3 is 5.11 Å². The number of benzene rings is 1. The fourth-order valence-corrected chi connectivity index (χ4v) is 3.99. The van der Waals surface area contributed by atoms with Crippen LogP contribution in [-0.2, 0) is 6.54 Å². The fourth-order valence-electron chi connectivity index (χ4n) is 3.80. The Hall–Kier alpha value is -1.40. The van der Waals surface area contributed by atoms with Gasteiger partial charge in [-0.3, -0.25) is 9.80 Å². The number of nitrogens with zero attached hydrogens (tertiary/aromatic N) is 4. The van der Waals surface area contributed by atoms with Gasteiger partial charge >= 0.3 is 0 Å². The van der Waals surface area contributed by atoms with Gasteiger partial charge in [-0.2, -0.15) is 5.10 Å². The first-order valence-corrected chi connectivity index (χ1v) is 10.1. The van der Waals surface area contributed by atoms with Crippen LogP contribution in [0.4, 0.5) is 0 Å². The Morgan fingerprint density at radius 2 is 2.07 bits per heavy atom. The van der Waals surface area contributed by atoms with Crippen molar-refractivity contribution in [1.82, 2.24) is 19.6 Å². The second kappa shape index (κ2) is 8.74. The average molecular weight is 391 g/mol. The number of rotatable bonds is 6. The van der Waals surface area contributed by atoms with Gasteiger partial charge in [-0.15, -0.1) is 0 Å². The Bertz CT molecular complexity index is 740. The fraction of sp³-hybridized carbons (Fsp3) is 0.571. The van der Waals surface area contributed by atoms with Crippen LogP contribution >= 0.6 is 11.6 Å². The predicted molar refractivity (Wildman–Crippen MR) is 110 cm³/mol. The Morgan fingerprint density at radius 1 is 1.26 bits per heavy atom. The SMILES string of the molecule is CC(C)(C)CN1CCN(Cc2cnn(-c3cccc(Cl)c3)c2)C[C@@H]1CCO. The average Bonchev–Trinajstić information content (AvgIpc) is 3.05. The zero-order valence-corrected chi connectivity index (χ0v) is 17.4. The first-order chi connectivity index (χ1) is 12.8. The Kier molecular flexibility index (Phi) is 6.58. The molecule has 0 aliphatic carbocycles. The lowest BCUT2D eigenvalue weighted by atomic mass is 9.94. The second-order valence-electron chi connectivity index (χ2n) is 8.71. The van der Waals surface area contributed by atoms with Crippen molar-refractivity contribution in [3.05, 3.63) is 47.2 Å². The summed E-state index contributed by atoms with van der Waals surface area (Å²) < 4.78 is 1.88. The third-order valence-electron chi connectivity index (χ3n) is 4.94. The minimum Gasteiger partial charge on any atom is -0.396 e. The lowest BCUT2D eigenvalue weighted by Crippen LogP contribution is -2.54. The molecule has 1 aliphatic rings. The van der Waals surface area contributed by atoms with Gasteiger partial charge in [0.2, 0.25) is 0 Å². The van der Waals surface area contributed by atoms with Gasteiger partial charge in [0.05, 0.1) is 11.9 Å². The molecule has 27 heavy (non-hydrogen) atoms. The van der Waals surface area contributed by atoms with E-state index in [1.165, 1.54) is 5.56 Å². The van der Waals surface area contributed by atoms with Crippen LogP contribution < -0.4 is 0 Å². The van der Waals surface area contributed by atoms with Crippen LogP contribution in [0.3, 0.4) is 0 Å². The van der Waals surface area contributed by atoms with E-state index in [1.807, 2.05) is 35.1 Å². The molecule has 1 fully saturated rings. The minimum absolute atomic E-state index is 0.242. The first-order valence-electron chi connectivity index (χ1n) is 9.71. The molecule has 2 aromatic rings. The van der Waals surface area contributed by atoms with E-state index in [9.17, 15) is 5.11 Å². The first kappa shape index (κ1) is 20.3. The molecule has 0 radical (unpaired) electrons.